The molecular weight excluding hydrogens is 317 g/mol. The maximum absolute atomic E-state index is 14.5. The first-order valence-electron chi connectivity index (χ1n) is 8.36. The van der Waals surface area contributed by atoms with E-state index in [0.717, 1.165) is 29.8 Å². The number of amides is 1. The van der Waals surface area contributed by atoms with Crippen molar-refractivity contribution in [1.82, 2.24) is 14.9 Å². The summed E-state index contributed by atoms with van der Waals surface area (Å²) < 4.78 is 16.5. The number of hydrogen-bond acceptors (Lipinski definition) is 2. The van der Waals surface area contributed by atoms with Gasteiger partial charge in [-0.3, -0.25) is 4.79 Å². The molecule has 1 aromatic heterocycles. The predicted molar refractivity (Wildman–Crippen MR) is 93.6 cm³/mol. The molecule has 0 fully saturated rings. The molecule has 1 atom stereocenters. The van der Waals surface area contributed by atoms with Crippen LogP contribution >= 0.6 is 0 Å². The Morgan fingerprint density at radius 2 is 2.00 bits per heavy atom. The van der Waals surface area contributed by atoms with E-state index in [1.54, 1.807) is 18.3 Å². The molecule has 0 bridgehead atoms. The number of rotatable bonds is 3. The average Bonchev–Trinajstić information content (AvgIpc) is 3.10. The summed E-state index contributed by atoms with van der Waals surface area (Å²) in [5.41, 5.74) is 1.76. The van der Waals surface area contributed by atoms with Crippen LogP contribution in [0.5, 0.6) is 0 Å². The number of carbonyl (C=O) groups is 1. The van der Waals surface area contributed by atoms with Crippen molar-refractivity contribution in [3.63, 3.8) is 0 Å². The summed E-state index contributed by atoms with van der Waals surface area (Å²) in [6.45, 7) is 0.671. The van der Waals surface area contributed by atoms with E-state index in [1.165, 1.54) is 6.07 Å². The quantitative estimate of drug-likeness (QED) is 0.797. The minimum Gasteiger partial charge on any atom is -0.347 e. The lowest BCUT2D eigenvalue weighted by molar-refractivity contribution is 0.0923. The summed E-state index contributed by atoms with van der Waals surface area (Å²) in [6, 6.07) is 14.3. The van der Waals surface area contributed by atoms with Gasteiger partial charge in [-0.25, -0.2) is 9.37 Å². The second-order valence-electron chi connectivity index (χ2n) is 6.27. The molecule has 1 amide bonds. The summed E-state index contributed by atoms with van der Waals surface area (Å²) in [4.78, 5) is 16.7. The molecule has 0 spiro atoms. The van der Waals surface area contributed by atoms with Gasteiger partial charge >= 0.3 is 0 Å². The van der Waals surface area contributed by atoms with Crippen LogP contribution < -0.4 is 5.32 Å². The third-order valence-corrected chi connectivity index (χ3v) is 4.59. The third kappa shape index (κ3) is 3.18. The van der Waals surface area contributed by atoms with Crippen molar-refractivity contribution in [2.45, 2.75) is 25.4 Å². The van der Waals surface area contributed by atoms with Crippen LogP contribution in [0.2, 0.25) is 0 Å². The maximum Gasteiger partial charge on any atom is 0.254 e. The Kier molecular flexibility index (Phi) is 4.06. The van der Waals surface area contributed by atoms with E-state index in [-0.39, 0.29) is 17.5 Å². The van der Waals surface area contributed by atoms with E-state index >= 15 is 0 Å². The molecule has 25 heavy (non-hydrogen) atoms. The monoisotopic (exact) mass is 335 g/mol. The highest BCUT2D eigenvalue weighted by Gasteiger charge is 2.22. The van der Waals surface area contributed by atoms with E-state index in [0.29, 0.717) is 6.54 Å². The fourth-order valence-electron chi connectivity index (χ4n) is 3.26. The molecule has 0 unspecified atom stereocenters. The van der Waals surface area contributed by atoms with Gasteiger partial charge in [0.1, 0.15) is 11.6 Å². The largest absolute Gasteiger partial charge is 0.347 e. The Hall–Kier alpha value is -2.95. The summed E-state index contributed by atoms with van der Waals surface area (Å²) in [6.07, 6.45) is 5.30. The lowest BCUT2D eigenvalue weighted by Gasteiger charge is -2.24. The van der Waals surface area contributed by atoms with Crippen molar-refractivity contribution in [2.24, 2.45) is 0 Å². The molecule has 2 heterocycles. The van der Waals surface area contributed by atoms with Crippen LogP contribution in [0.15, 0.2) is 60.9 Å². The second kappa shape index (κ2) is 6.51. The molecule has 4 rings (SSSR count). The van der Waals surface area contributed by atoms with Crippen LogP contribution in [0.3, 0.4) is 0 Å². The summed E-state index contributed by atoms with van der Waals surface area (Å²) in [5, 5.41) is 2.94. The Morgan fingerprint density at radius 1 is 1.16 bits per heavy atom. The highest BCUT2D eigenvalue weighted by atomic mass is 19.1. The Bertz CT molecular complexity index is 904. The van der Waals surface area contributed by atoms with Gasteiger partial charge in [0.2, 0.25) is 0 Å². The van der Waals surface area contributed by atoms with Gasteiger partial charge in [-0.1, -0.05) is 36.4 Å². The first-order valence-corrected chi connectivity index (χ1v) is 8.36. The molecule has 0 aliphatic carbocycles. The Labute approximate surface area is 145 Å². The molecule has 0 radical (unpaired) electrons. The summed E-state index contributed by atoms with van der Waals surface area (Å²) in [5.74, 6) is 0.160. The van der Waals surface area contributed by atoms with Crippen LogP contribution in [0.25, 0.3) is 11.1 Å². The number of imidazole rings is 1. The van der Waals surface area contributed by atoms with Crippen LogP contribution in [0, 0.1) is 5.82 Å². The van der Waals surface area contributed by atoms with Crippen molar-refractivity contribution in [3.05, 3.63) is 78.1 Å². The molecule has 126 valence electrons. The fraction of sp³-hybridized carbons (Fsp3) is 0.200. The topological polar surface area (TPSA) is 46.9 Å². The molecule has 1 aliphatic rings. The molecule has 0 saturated carbocycles. The van der Waals surface area contributed by atoms with Gasteiger partial charge in [0.25, 0.3) is 5.91 Å². The second-order valence-corrected chi connectivity index (χ2v) is 6.27. The van der Waals surface area contributed by atoms with Gasteiger partial charge in [0.05, 0.1) is 5.56 Å². The molecule has 4 nitrogen and oxygen atoms in total. The number of halogens is 1. The van der Waals surface area contributed by atoms with Gasteiger partial charge in [-0.05, 0) is 29.7 Å². The smallest absolute Gasteiger partial charge is 0.254 e. The van der Waals surface area contributed by atoms with Crippen molar-refractivity contribution in [2.75, 3.05) is 0 Å². The highest BCUT2D eigenvalue weighted by Crippen LogP contribution is 2.22. The van der Waals surface area contributed by atoms with Crippen LogP contribution in [0.4, 0.5) is 4.39 Å². The number of aryl methyl sites for hydroxylation is 1. The van der Waals surface area contributed by atoms with E-state index in [1.807, 2.05) is 41.1 Å². The molecular formula is C20H18FN3O. The number of fused-ring (bicyclic) bond motifs is 1. The first-order chi connectivity index (χ1) is 12.2. The third-order valence-electron chi connectivity index (χ3n) is 4.59. The molecule has 5 heteroatoms. The molecule has 2 aromatic carbocycles. The van der Waals surface area contributed by atoms with Gasteiger partial charge in [0, 0.05) is 31.4 Å². The van der Waals surface area contributed by atoms with E-state index < -0.39 is 5.82 Å². The molecule has 1 aliphatic heterocycles. The van der Waals surface area contributed by atoms with E-state index in [2.05, 4.69) is 10.3 Å². The zero-order valence-electron chi connectivity index (χ0n) is 13.7. The van der Waals surface area contributed by atoms with Gasteiger partial charge in [0.15, 0.2) is 0 Å². The SMILES string of the molecule is O=C(N[C@H]1CCc2nccn2C1)c1ccc(-c2ccccc2)cc1F. The van der Waals surface area contributed by atoms with Crippen molar-refractivity contribution < 1.29 is 9.18 Å². The molecule has 1 N–H and O–H groups in total. The van der Waals surface area contributed by atoms with Crippen LogP contribution in [-0.2, 0) is 13.0 Å². The zero-order valence-corrected chi connectivity index (χ0v) is 13.7. The summed E-state index contributed by atoms with van der Waals surface area (Å²) in [7, 11) is 0. The molecule has 3 aromatic rings. The number of aromatic nitrogens is 2. The van der Waals surface area contributed by atoms with Gasteiger partial charge in [-0.15, -0.1) is 0 Å². The van der Waals surface area contributed by atoms with E-state index in [9.17, 15) is 9.18 Å². The highest BCUT2D eigenvalue weighted by molar-refractivity contribution is 5.95. The predicted octanol–water partition coefficient (Wildman–Crippen LogP) is 3.43. The Balaban J connectivity index is 1.49. The average molecular weight is 335 g/mol. The normalized spacial score (nSPS) is 16.3. The molecule has 0 saturated heterocycles. The van der Waals surface area contributed by atoms with Crippen molar-refractivity contribution >= 4 is 5.91 Å². The first kappa shape index (κ1) is 15.6. The van der Waals surface area contributed by atoms with Crippen LogP contribution in [0.1, 0.15) is 22.6 Å². The zero-order chi connectivity index (χ0) is 17.2. The maximum atomic E-state index is 14.5. The van der Waals surface area contributed by atoms with E-state index in [4.69, 9.17) is 0 Å². The van der Waals surface area contributed by atoms with Crippen molar-refractivity contribution in [3.8, 4) is 11.1 Å². The fourth-order valence-corrected chi connectivity index (χ4v) is 3.26. The summed E-state index contributed by atoms with van der Waals surface area (Å²) >= 11 is 0. The minimum atomic E-state index is -0.502. The Morgan fingerprint density at radius 3 is 2.80 bits per heavy atom. The number of hydrogen-bond donors (Lipinski definition) is 1. The van der Waals surface area contributed by atoms with Gasteiger partial charge < -0.3 is 9.88 Å². The number of nitrogens with zero attached hydrogens (tertiary/aromatic N) is 2. The number of benzene rings is 2. The number of nitrogens with one attached hydrogen (secondary N) is 1. The number of carbonyl (C=O) groups excluding carboxylic acids is 1. The standard InChI is InChI=1S/C20H18FN3O/c21-18-12-15(14-4-2-1-3-5-14)6-8-17(18)20(25)23-16-7-9-19-22-10-11-24(19)13-16/h1-6,8,10-12,16H,7,9,13H2,(H,23,25)/t16-/m0/s1. The van der Waals surface area contributed by atoms with Gasteiger partial charge in [-0.2, -0.15) is 0 Å². The lowest BCUT2D eigenvalue weighted by Crippen LogP contribution is -2.41. The lowest BCUT2D eigenvalue weighted by atomic mass is 10.0. The van der Waals surface area contributed by atoms with Crippen LogP contribution in [-0.4, -0.2) is 21.5 Å². The van der Waals surface area contributed by atoms with Crippen molar-refractivity contribution in [1.29, 1.82) is 0 Å². The minimum absolute atomic E-state index is 0.0117.